The van der Waals surface area contributed by atoms with Crippen LogP contribution in [-0.4, -0.2) is 68.5 Å². The number of rotatable bonds is 45. The van der Waals surface area contributed by atoms with E-state index in [1.54, 1.807) is 6.08 Å². The van der Waals surface area contributed by atoms with Crippen molar-refractivity contribution in [3.63, 3.8) is 0 Å². The van der Waals surface area contributed by atoms with Gasteiger partial charge < -0.3 is 28.8 Å². The van der Waals surface area contributed by atoms with Gasteiger partial charge in [0.2, 0.25) is 5.91 Å². The molecule has 0 spiro atoms. The summed E-state index contributed by atoms with van der Waals surface area (Å²) in [6.45, 7) is 4.44. The number of nitrogens with one attached hydrogen (secondary N) is 1. The minimum atomic E-state index is -4.61. The molecule has 3 unspecified atom stereocenters. The molecule has 1 amide bonds. The molecular weight excluding hydrogens is 852 g/mol. The number of allylic oxidation sites excluding steroid dienone is 21. The number of hydrogen-bond donors (Lipinski definition) is 2. The summed E-state index contributed by atoms with van der Waals surface area (Å²) in [5, 5.41) is 13.8. The van der Waals surface area contributed by atoms with Crippen molar-refractivity contribution in [1.29, 1.82) is 0 Å². The van der Waals surface area contributed by atoms with E-state index < -0.39 is 26.6 Å². The van der Waals surface area contributed by atoms with Crippen molar-refractivity contribution in [2.24, 2.45) is 0 Å². The van der Waals surface area contributed by atoms with Crippen LogP contribution in [0.3, 0.4) is 0 Å². The number of phosphoric acid groups is 1. The number of aliphatic hydroxyl groups excluding tert-OH is 1. The molecule has 0 aromatic heterocycles. The summed E-state index contributed by atoms with van der Waals surface area (Å²) in [5.41, 5.74) is 0. The fourth-order valence-electron chi connectivity index (χ4n) is 6.51. The molecule has 0 rings (SSSR count). The molecule has 3 atom stereocenters. The Morgan fingerprint density at radius 1 is 0.537 bits per heavy atom. The number of hydrogen-bond acceptors (Lipinski definition) is 6. The molecule has 67 heavy (non-hydrogen) atoms. The van der Waals surface area contributed by atoms with Crippen molar-refractivity contribution >= 4 is 13.7 Å². The molecule has 8 nitrogen and oxygen atoms in total. The molecule has 0 saturated heterocycles. The van der Waals surface area contributed by atoms with Crippen molar-refractivity contribution in [3.05, 3.63) is 134 Å². The average molecular weight is 949 g/mol. The Hall–Kier alpha value is -3.36. The molecule has 0 radical (unpaired) electrons. The third-order valence-electron chi connectivity index (χ3n) is 10.6. The standard InChI is InChI=1S/C58H97N2O6P/c1-6-8-10-12-14-16-18-20-21-22-23-24-25-26-27-28-29-30-31-32-33-34-35-36-37-38-39-40-42-44-46-48-50-52-58(62)59-56(55-66-67(63,64)65-54-53-60(3,4)5)57(61)51-49-47-45-43-41-19-17-15-13-11-9-7-2/h8,10,14,16,20-21,23-24,26-27,29-30,32-33,35-36,38-39,41,43,49,51,56-57,61H,6-7,9,11-13,15,17-19,22,25,28,31,34,37,40,42,44-48,50,52-55H2,1-5H3,(H-,59,62,63,64)/b10-8-,16-14-,21-20-,24-23-,27-26-,30-29-,33-32-,36-35-,39-38-,43-41+,51-49+. The van der Waals surface area contributed by atoms with Gasteiger partial charge in [0.25, 0.3) is 7.82 Å². The Bertz CT molecular complexity index is 1540. The summed E-state index contributed by atoms with van der Waals surface area (Å²) in [5.74, 6) is -0.235. The van der Waals surface area contributed by atoms with Gasteiger partial charge in [-0.15, -0.1) is 0 Å². The van der Waals surface area contributed by atoms with E-state index in [1.807, 2.05) is 27.2 Å². The van der Waals surface area contributed by atoms with Crippen molar-refractivity contribution in [3.8, 4) is 0 Å². The number of aliphatic hydroxyl groups is 1. The maximum atomic E-state index is 12.9. The van der Waals surface area contributed by atoms with Gasteiger partial charge in [-0.1, -0.05) is 199 Å². The summed E-state index contributed by atoms with van der Waals surface area (Å²) < 4.78 is 23.2. The summed E-state index contributed by atoms with van der Waals surface area (Å²) >= 11 is 0. The second-order valence-corrected chi connectivity index (χ2v) is 19.5. The maximum absolute atomic E-state index is 12.9. The van der Waals surface area contributed by atoms with Gasteiger partial charge in [0.1, 0.15) is 13.2 Å². The Kier molecular flexibility index (Phi) is 45.3. The second-order valence-electron chi connectivity index (χ2n) is 18.1. The van der Waals surface area contributed by atoms with Crippen molar-refractivity contribution in [2.75, 3.05) is 40.9 Å². The fourth-order valence-corrected chi connectivity index (χ4v) is 7.23. The van der Waals surface area contributed by atoms with Crippen LogP contribution in [0.1, 0.15) is 174 Å². The molecule has 0 bridgehead atoms. The summed E-state index contributed by atoms with van der Waals surface area (Å²) in [7, 11) is 1.20. The molecule has 0 aliphatic heterocycles. The molecular formula is C58H97N2O6P. The van der Waals surface area contributed by atoms with E-state index in [4.69, 9.17) is 9.05 Å². The highest BCUT2D eigenvalue weighted by molar-refractivity contribution is 7.45. The van der Waals surface area contributed by atoms with E-state index in [9.17, 15) is 19.4 Å². The number of phosphoric ester groups is 1. The third-order valence-corrected chi connectivity index (χ3v) is 11.6. The summed E-state index contributed by atoms with van der Waals surface area (Å²) in [4.78, 5) is 25.4. The topological polar surface area (TPSA) is 108 Å². The van der Waals surface area contributed by atoms with E-state index in [0.29, 0.717) is 17.4 Å². The van der Waals surface area contributed by atoms with Crippen LogP contribution in [0, 0.1) is 0 Å². The molecule has 0 aromatic carbocycles. The van der Waals surface area contributed by atoms with Crippen LogP contribution in [0.25, 0.3) is 0 Å². The van der Waals surface area contributed by atoms with Crippen LogP contribution in [0.5, 0.6) is 0 Å². The van der Waals surface area contributed by atoms with E-state index in [-0.39, 0.29) is 12.5 Å². The largest absolute Gasteiger partial charge is 0.756 e. The number of quaternary nitrogens is 1. The first-order valence-corrected chi connectivity index (χ1v) is 27.5. The van der Waals surface area contributed by atoms with Gasteiger partial charge in [-0.3, -0.25) is 9.36 Å². The first-order chi connectivity index (χ1) is 32.5. The van der Waals surface area contributed by atoms with Gasteiger partial charge in [0.05, 0.1) is 39.9 Å². The first-order valence-electron chi connectivity index (χ1n) is 26.0. The van der Waals surface area contributed by atoms with Crippen LogP contribution >= 0.6 is 7.82 Å². The summed E-state index contributed by atoms with van der Waals surface area (Å²) in [6.07, 6.45) is 72.3. The van der Waals surface area contributed by atoms with Crippen LogP contribution < -0.4 is 10.2 Å². The highest BCUT2D eigenvalue weighted by Gasteiger charge is 2.23. The monoisotopic (exact) mass is 949 g/mol. The lowest BCUT2D eigenvalue weighted by atomic mass is 10.1. The Labute approximate surface area is 411 Å². The van der Waals surface area contributed by atoms with Crippen molar-refractivity contribution < 1.29 is 32.9 Å². The molecule has 2 N–H and O–H groups in total. The Balaban J connectivity index is 4.29. The van der Waals surface area contributed by atoms with E-state index in [1.165, 1.54) is 38.5 Å². The lowest BCUT2D eigenvalue weighted by Crippen LogP contribution is -2.45. The number of likely N-dealkylation sites (N-methyl/N-ethyl adjacent to an activating group) is 1. The highest BCUT2D eigenvalue weighted by atomic mass is 31.2. The molecule has 0 aromatic rings. The molecule has 0 aliphatic carbocycles. The van der Waals surface area contributed by atoms with Gasteiger partial charge in [0, 0.05) is 6.42 Å². The quantitative estimate of drug-likeness (QED) is 0.0272. The smallest absolute Gasteiger partial charge is 0.268 e. The van der Waals surface area contributed by atoms with Crippen LogP contribution in [0.4, 0.5) is 0 Å². The molecule has 0 heterocycles. The van der Waals surface area contributed by atoms with Gasteiger partial charge in [-0.25, -0.2) is 0 Å². The zero-order chi connectivity index (χ0) is 49.2. The molecule has 0 saturated carbocycles. The normalized spacial score (nSPS) is 15.1. The zero-order valence-electron chi connectivity index (χ0n) is 43.0. The summed E-state index contributed by atoms with van der Waals surface area (Å²) in [6, 6.07) is -0.923. The number of carbonyl (C=O) groups is 1. The first kappa shape index (κ1) is 63.6. The zero-order valence-corrected chi connectivity index (χ0v) is 43.9. The van der Waals surface area contributed by atoms with Gasteiger partial charge in [-0.2, -0.15) is 0 Å². The Morgan fingerprint density at radius 3 is 1.39 bits per heavy atom. The third kappa shape index (κ3) is 50.3. The highest BCUT2D eigenvalue weighted by Crippen LogP contribution is 2.38. The van der Waals surface area contributed by atoms with Gasteiger partial charge in [-0.05, 0) is 103 Å². The number of unbranched alkanes of at least 4 members (excludes halogenated alkanes) is 12. The lowest BCUT2D eigenvalue weighted by molar-refractivity contribution is -0.870. The van der Waals surface area contributed by atoms with Gasteiger partial charge in [0.15, 0.2) is 0 Å². The minimum Gasteiger partial charge on any atom is -0.756 e. The minimum absolute atomic E-state index is 0.0183. The number of amides is 1. The number of nitrogens with zero attached hydrogens (tertiary/aromatic N) is 1. The van der Waals surface area contributed by atoms with Crippen LogP contribution in [0.2, 0.25) is 0 Å². The Morgan fingerprint density at radius 2 is 0.925 bits per heavy atom. The van der Waals surface area contributed by atoms with Crippen LogP contribution in [0.15, 0.2) is 134 Å². The SMILES string of the molecule is CC/C=C\C/C=C\C/C=C\C/C=C\C/C=C\C/C=C\C/C=C\C/C=C\C/C=C\CCCCCCCC(=O)NC(COP(=O)([O-])OCC[N+](C)(C)C)C(O)/C=C/CC/C=C/CCCCCCCC. The maximum Gasteiger partial charge on any atom is 0.268 e. The van der Waals surface area contributed by atoms with Crippen molar-refractivity contribution in [2.45, 2.75) is 187 Å². The van der Waals surface area contributed by atoms with E-state index >= 15 is 0 Å². The fraction of sp³-hybridized carbons (Fsp3) is 0.603. The average Bonchev–Trinajstić information content (AvgIpc) is 3.29. The van der Waals surface area contributed by atoms with E-state index in [2.05, 4.69) is 141 Å². The second kappa shape index (κ2) is 47.7. The molecule has 9 heteroatoms. The molecule has 380 valence electrons. The molecule has 0 aliphatic rings. The predicted molar refractivity (Wildman–Crippen MR) is 288 cm³/mol. The van der Waals surface area contributed by atoms with Crippen molar-refractivity contribution in [1.82, 2.24) is 5.32 Å². The van der Waals surface area contributed by atoms with Crippen LogP contribution in [-0.2, 0) is 18.4 Å². The van der Waals surface area contributed by atoms with E-state index in [0.717, 1.165) is 116 Å². The lowest BCUT2D eigenvalue weighted by Gasteiger charge is -2.29. The molecule has 0 fully saturated rings. The predicted octanol–water partition coefficient (Wildman–Crippen LogP) is 15.0. The van der Waals surface area contributed by atoms with Gasteiger partial charge >= 0.3 is 0 Å². The number of carbonyl (C=O) groups excluding carboxylic acids is 1.